The third kappa shape index (κ3) is 4.51. The second-order valence-electron chi connectivity index (χ2n) is 6.41. The molecule has 1 aromatic rings. The topological polar surface area (TPSA) is 9.23 Å². The van der Waals surface area contributed by atoms with Crippen molar-refractivity contribution in [1.82, 2.24) is 0 Å². The van der Waals surface area contributed by atoms with E-state index in [9.17, 15) is 0 Å². The van der Waals surface area contributed by atoms with Crippen LogP contribution < -0.4 is 0 Å². The Morgan fingerprint density at radius 3 is 1.90 bits per heavy atom. The molecule has 0 saturated heterocycles. The lowest BCUT2D eigenvalue weighted by atomic mass is 10.2. The first-order valence-corrected chi connectivity index (χ1v) is 9.95. The highest BCUT2D eigenvalue weighted by Gasteiger charge is 2.46. The minimum absolute atomic E-state index is 0.560. The quantitative estimate of drug-likeness (QED) is 0.489. The second-order valence-corrected chi connectivity index (χ2v) is 11.8. The maximum Gasteiger partial charge on any atom is 0.272 e. The molecule has 0 heterocycles. The third-order valence-electron chi connectivity index (χ3n) is 4.15. The molecule has 21 heavy (non-hydrogen) atoms. The number of hydrogen-bond donors (Lipinski definition) is 0. The number of allylic oxidation sites excluding steroid dienone is 1. The van der Waals surface area contributed by atoms with Crippen molar-refractivity contribution in [3.8, 4) is 12.0 Å². The molecule has 0 atom stereocenters. The van der Waals surface area contributed by atoms with E-state index in [1.807, 2.05) is 30.4 Å². The fourth-order valence-electron chi connectivity index (χ4n) is 3.21. The van der Waals surface area contributed by atoms with Gasteiger partial charge in [-0.05, 0) is 40.3 Å². The van der Waals surface area contributed by atoms with Crippen molar-refractivity contribution in [2.75, 3.05) is 0 Å². The summed E-state index contributed by atoms with van der Waals surface area (Å²) in [5.74, 6) is 3.04. The monoisotopic (exact) mass is 300 g/mol. The van der Waals surface area contributed by atoms with E-state index in [1.165, 1.54) is 0 Å². The van der Waals surface area contributed by atoms with Gasteiger partial charge in [-0.2, -0.15) is 0 Å². The molecule has 2 heteroatoms. The maximum atomic E-state index is 6.18. The average Bonchev–Trinajstić information content (AvgIpc) is 2.42. The Kier molecular flexibility index (Phi) is 6.78. The summed E-state index contributed by atoms with van der Waals surface area (Å²) in [4.78, 5) is 0. The average molecular weight is 301 g/mol. The van der Waals surface area contributed by atoms with Crippen LogP contribution in [0.1, 0.15) is 47.1 Å². The van der Waals surface area contributed by atoms with E-state index in [2.05, 4.69) is 65.7 Å². The van der Waals surface area contributed by atoms with E-state index in [4.69, 9.17) is 4.43 Å². The van der Waals surface area contributed by atoms with E-state index < -0.39 is 8.32 Å². The van der Waals surface area contributed by atoms with Crippen molar-refractivity contribution < 1.29 is 4.43 Å². The highest BCUT2D eigenvalue weighted by Crippen LogP contribution is 2.41. The predicted molar refractivity (Wildman–Crippen MR) is 95.4 cm³/mol. The van der Waals surface area contributed by atoms with Crippen LogP contribution in [0.2, 0.25) is 16.6 Å². The smallest absolute Gasteiger partial charge is 0.272 e. The van der Waals surface area contributed by atoms with Crippen molar-refractivity contribution in [3.63, 3.8) is 0 Å². The molecule has 0 aliphatic carbocycles. The van der Waals surface area contributed by atoms with Crippen molar-refractivity contribution >= 4 is 14.4 Å². The summed E-state index contributed by atoms with van der Waals surface area (Å²) < 4.78 is 6.18. The highest BCUT2D eigenvalue weighted by molar-refractivity contribution is 6.77. The molecule has 0 saturated carbocycles. The number of rotatable bonds is 5. The molecule has 0 aliphatic heterocycles. The van der Waals surface area contributed by atoms with Crippen molar-refractivity contribution in [2.45, 2.75) is 58.2 Å². The number of benzene rings is 1. The lowest BCUT2D eigenvalue weighted by Crippen LogP contribution is -2.46. The fourth-order valence-corrected chi connectivity index (χ4v) is 8.15. The molecule has 0 bridgehead atoms. The Bertz CT molecular complexity index is 482. The zero-order valence-corrected chi connectivity index (χ0v) is 15.2. The van der Waals surface area contributed by atoms with Crippen LogP contribution in [-0.2, 0) is 4.43 Å². The largest absolute Gasteiger partial charge is 0.499 e. The Hall–Kier alpha value is -1.46. The third-order valence-corrected chi connectivity index (χ3v) is 10.0. The van der Waals surface area contributed by atoms with Crippen molar-refractivity contribution in [1.29, 1.82) is 0 Å². The highest BCUT2D eigenvalue weighted by atomic mass is 28.4. The lowest BCUT2D eigenvalue weighted by Gasteiger charge is -2.39. The molecule has 0 aromatic heterocycles. The molecular weight excluding hydrogens is 272 g/mol. The van der Waals surface area contributed by atoms with Gasteiger partial charge in [0.2, 0.25) is 0 Å². The molecule has 1 nitrogen and oxygen atoms in total. The summed E-state index contributed by atoms with van der Waals surface area (Å²) in [6, 6.07) is 10.2. The van der Waals surface area contributed by atoms with Gasteiger partial charge in [0.1, 0.15) is 0 Å². The summed E-state index contributed by atoms with van der Waals surface area (Å²) in [6.45, 7) is 13.6. The minimum atomic E-state index is -1.86. The molecule has 0 fully saturated rings. The molecule has 0 N–H and O–H groups in total. The molecule has 0 aliphatic rings. The van der Waals surface area contributed by atoms with Gasteiger partial charge in [-0.3, -0.25) is 0 Å². The summed E-state index contributed by atoms with van der Waals surface area (Å²) in [6.07, 6.45) is 6.85. The molecule has 0 spiro atoms. The van der Waals surface area contributed by atoms with Gasteiger partial charge in [0.05, 0.1) is 6.11 Å². The molecule has 1 aromatic carbocycles. The lowest BCUT2D eigenvalue weighted by molar-refractivity contribution is 0.447. The van der Waals surface area contributed by atoms with Gasteiger partial charge < -0.3 is 4.43 Å². The predicted octanol–water partition coefficient (Wildman–Crippen LogP) is 5.85. The van der Waals surface area contributed by atoms with Gasteiger partial charge in [0.25, 0.3) is 8.32 Å². The number of hydrogen-bond acceptors (Lipinski definition) is 1. The first-order valence-electron chi connectivity index (χ1n) is 7.81. The molecule has 0 amide bonds. The van der Waals surface area contributed by atoms with Gasteiger partial charge in [-0.15, -0.1) is 0 Å². The van der Waals surface area contributed by atoms with Gasteiger partial charge in [0.15, 0.2) is 0 Å². The summed E-state index contributed by atoms with van der Waals surface area (Å²) >= 11 is 0. The Morgan fingerprint density at radius 1 is 0.905 bits per heavy atom. The molecule has 114 valence electrons. The van der Waals surface area contributed by atoms with E-state index >= 15 is 0 Å². The minimum Gasteiger partial charge on any atom is -0.499 e. The van der Waals surface area contributed by atoms with E-state index in [0.29, 0.717) is 16.6 Å². The van der Waals surface area contributed by atoms with Gasteiger partial charge in [0, 0.05) is 0 Å². The molecule has 1 rings (SSSR count). The zero-order valence-electron chi connectivity index (χ0n) is 14.2. The Labute approximate surface area is 131 Å². The van der Waals surface area contributed by atoms with Crippen LogP contribution in [0.15, 0.2) is 36.4 Å². The van der Waals surface area contributed by atoms with Crippen LogP contribution in [0.3, 0.4) is 0 Å². The van der Waals surface area contributed by atoms with Crippen LogP contribution in [0.25, 0.3) is 6.08 Å². The maximum absolute atomic E-state index is 6.18. The normalized spacial score (nSPS) is 12.0. The van der Waals surface area contributed by atoms with Gasteiger partial charge in [-0.25, -0.2) is 0 Å². The van der Waals surface area contributed by atoms with Crippen molar-refractivity contribution in [2.24, 2.45) is 0 Å². The second kappa shape index (κ2) is 8.10. The van der Waals surface area contributed by atoms with Gasteiger partial charge in [-0.1, -0.05) is 71.9 Å². The van der Waals surface area contributed by atoms with Gasteiger partial charge >= 0.3 is 0 Å². The summed E-state index contributed by atoms with van der Waals surface area (Å²) in [5, 5.41) is 0. The first-order chi connectivity index (χ1) is 9.91. The molecule has 0 radical (unpaired) electrons. The summed E-state index contributed by atoms with van der Waals surface area (Å²) in [7, 11) is -1.86. The van der Waals surface area contributed by atoms with E-state index in [0.717, 1.165) is 5.56 Å². The van der Waals surface area contributed by atoms with Crippen LogP contribution >= 0.6 is 0 Å². The van der Waals surface area contributed by atoms with Crippen LogP contribution in [-0.4, -0.2) is 8.32 Å². The Balaban J connectivity index is 2.79. The first kappa shape index (κ1) is 17.6. The molecular formula is C19H28OSi. The van der Waals surface area contributed by atoms with Crippen LogP contribution in [0.5, 0.6) is 0 Å². The van der Waals surface area contributed by atoms with Crippen LogP contribution in [0.4, 0.5) is 0 Å². The van der Waals surface area contributed by atoms with E-state index in [-0.39, 0.29) is 0 Å². The summed E-state index contributed by atoms with van der Waals surface area (Å²) in [5.41, 5.74) is 2.84. The molecule has 0 unspecified atom stereocenters. The van der Waals surface area contributed by atoms with Crippen LogP contribution in [0, 0.1) is 12.0 Å². The standard InChI is InChI=1S/C19H28OSi/c1-16(2)21(17(3)4,18(5)6)20-15-11-10-14-19-12-8-7-9-13-19/h7-10,12-14,16-18H,1-6H3/b14-10+. The van der Waals surface area contributed by atoms with E-state index in [1.54, 1.807) is 0 Å². The zero-order chi connectivity index (χ0) is 15.9. The Morgan fingerprint density at radius 2 is 1.43 bits per heavy atom. The SMILES string of the molecule is CC(C)[Si](OC#C/C=C/c1ccccc1)(C(C)C)C(C)C. The van der Waals surface area contributed by atoms with Crippen molar-refractivity contribution in [3.05, 3.63) is 42.0 Å². The fraction of sp³-hybridized carbons (Fsp3) is 0.474.